The van der Waals surface area contributed by atoms with E-state index in [1.54, 1.807) is 6.07 Å². The van der Waals surface area contributed by atoms with Gasteiger partial charge < -0.3 is 0 Å². The number of aryl methyl sites for hydroxylation is 1. The lowest BCUT2D eigenvalue weighted by molar-refractivity contribution is 0.600. The van der Waals surface area contributed by atoms with Crippen molar-refractivity contribution in [3.05, 3.63) is 58.3 Å². The molecule has 0 aliphatic carbocycles. The maximum absolute atomic E-state index is 13.8. The van der Waals surface area contributed by atoms with Gasteiger partial charge in [-0.25, -0.2) is 4.39 Å². The van der Waals surface area contributed by atoms with Gasteiger partial charge in [-0.05, 0) is 48.4 Å². The highest BCUT2D eigenvalue weighted by Gasteiger charge is 2.05. The van der Waals surface area contributed by atoms with Gasteiger partial charge in [0.15, 0.2) is 0 Å². The van der Waals surface area contributed by atoms with Crippen molar-refractivity contribution < 1.29 is 4.39 Å². The first kappa shape index (κ1) is 12.7. The summed E-state index contributed by atoms with van der Waals surface area (Å²) >= 11 is 4.83. The quantitative estimate of drug-likeness (QED) is 0.741. The fourth-order valence-corrected chi connectivity index (χ4v) is 2.56. The van der Waals surface area contributed by atoms with E-state index in [0.717, 1.165) is 21.4 Å². The molecule has 2 aromatic rings. The molecule has 0 fully saturated rings. The zero-order chi connectivity index (χ0) is 12.3. The van der Waals surface area contributed by atoms with E-state index < -0.39 is 0 Å². The van der Waals surface area contributed by atoms with Crippen molar-refractivity contribution in [2.24, 2.45) is 0 Å². The van der Waals surface area contributed by atoms with Crippen LogP contribution < -0.4 is 0 Å². The molecule has 0 nitrogen and oxygen atoms in total. The molecule has 0 heterocycles. The van der Waals surface area contributed by atoms with Crippen molar-refractivity contribution in [1.82, 2.24) is 0 Å². The van der Waals surface area contributed by atoms with E-state index in [0.29, 0.717) is 4.90 Å². The summed E-state index contributed by atoms with van der Waals surface area (Å²) in [4.78, 5) is 1.71. The van der Waals surface area contributed by atoms with E-state index in [9.17, 15) is 4.39 Å². The Morgan fingerprint density at radius 2 is 1.82 bits per heavy atom. The van der Waals surface area contributed by atoms with E-state index >= 15 is 0 Å². The van der Waals surface area contributed by atoms with E-state index in [4.69, 9.17) is 0 Å². The van der Waals surface area contributed by atoms with Crippen molar-refractivity contribution in [2.45, 2.75) is 23.1 Å². The predicted octanol–water partition coefficient (Wildman–Crippen LogP) is 5.30. The lowest BCUT2D eigenvalue weighted by Crippen LogP contribution is -1.86. The standard InChI is InChI=1S/C14H12BrFS/c1-2-10-3-8-14(13(16)9-10)17-12-6-4-11(15)5-7-12/h3-9H,2H2,1H3. The van der Waals surface area contributed by atoms with Gasteiger partial charge in [0.05, 0.1) is 0 Å². The van der Waals surface area contributed by atoms with E-state index in [1.807, 2.05) is 43.3 Å². The molecule has 0 aliphatic rings. The Hall–Kier alpha value is -0.800. The minimum atomic E-state index is -0.141. The minimum Gasteiger partial charge on any atom is -0.206 e. The molecule has 0 saturated heterocycles. The molecule has 0 unspecified atom stereocenters. The first-order valence-corrected chi connectivity index (χ1v) is 7.02. The molecular formula is C14H12BrFS. The topological polar surface area (TPSA) is 0 Å². The van der Waals surface area contributed by atoms with Crippen LogP contribution in [0, 0.1) is 5.82 Å². The molecule has 0 aliphatic heterocycles. The van der Waals surface area contributed by atoms with Crippen molar-refractivity contribution in [1.29, 1.82) is 0 Å². The normalized spacial score (nSPS) is 10.5. The molecule has 0 amide bonds. The van der Waals surface area contributed by atoms with Crippen LogP contribution in [0.3, 0.4) is 0 Å². The molecule has 0 spiro atoms. The highest BCUT2D eigenvalue weighted by molar-refractivity contribution is 9.10. The van der Waals surface area contributed by atoms with Gasteiger partial charge in [-0.1, -0.05) is 40.7 Å². The zero-order valence-electron chi connectivity index (χ0n) is 9.41. The summed E-state index contributed by atoms with van der Waals surface area (Å²) in [6, 6.07) is 13.3. The zero-order valence-corrected chi connectivity index (χ0v) is 11.8. The predicted molar refractivity (Wildman–Crippen MR) is 74.0 cm³/mol. The molecule has 2 rings (SSSR count). The van der Waals surface area contributed by atoms with Gasteiger partial charge in [0.1, 0.15) is 5.82 Å². The second kappa shape index (κ2) is 5.69. The average molecular weight is 311 g/mol. The van der Waals surface area contributed by atoms with Crippen molar-refractivity contribution in [2.75, 3.05) is 0 Å². The summed E-state index contributed by atoms with van der Waals surface area (Å²) < 4.78 is 14.8. The third kappa shape index (κ3) is 3.33. The SMILES string of the molecule is CCc1ccc(Sc2ccc(Br)cc2)c(F)c1. The van der Waals surface area contributed by atoms with Crippen LogP contribution in [0.4, 0.5) is 4.39 Å². The largest absolute Gasteiger partial charge is 0.206 e. The molecule has 88 valence electrons. The molecule has 2 aromatic carbocycles. The number of hydrogen-bond donors (Lipinski definition) is 0. The molecule has 0 saturated carbocycles. The Balaban J connectivity index is 2.21. The molecule has 0 aromatic heterocycles. The Morgan fingerprint density at radius 1 is 1.12 bits per heavy atom. The average Bonchev–Trinajstić information content (AvgIpc) is 2.34. The first-order valence-electron chi connectivity index (χ1n) is 5.41. The first-order chi connectivity index (χ1) is 8.19. The molecular weight excluding hydrogens is 299 g/mol. The van der Waals surface area contributed by atoms with Gasteiger partial charge in [-0.3, -0.25) is 0 Å². The Bertz CT molecular complexity index is 508. The van der Waals surface area contributed by atoms with Gasteiger partial charge >= 0.3 is 0 Å². The molecule has 0 radical (unpaired) electrons. The Labute approximate surface area is 113 Å². The summed E-state index contributed by atoms with van der Waals surface area (Å²) in [7, 11) is 0. The van der Waals surface area contributed by atoms with Gasteiger partial charge in [0, 0.05) is 14.3 Å². The smallest absolute Gasteiger partial charge is 0.137 e. The summed E-state index contributed by atoms with van der Waals surface area (Å²) in [5.74, 6) is -0.141. The van der Waals surface area contributed by atoms with E-state index in [1.165, 1.54) is 11.8 Å². The fraction of sp³-hybridized carbons (Fsp3) is 0.143. The third-order valence-corrected chi connectivity index (χ3v) is 4.03. The van der Waals surface area contributed by atoms with Gasteiger partial charge in [-0.15, -0.1) is 0 Å². The number of rotatable bonds is 3. The van der Waals surface area contributed by atoms with Gasteiger partial charge in [-0.2, -0.15) is 0 Å². The number of benzene rings is 2. The van der Waals surface area contributed by atoms with E-state index in [-0.39, 0.29) is 5.82 Å². The van der Waals surface area contributed by atoms with Crippen LogP contribution in [0.1, 0.15) is 12.5 Å². The molecule has 17 heavy (non-hydrogen) atoms. The lowest BCUT2D eigenvalue weighted by atomic mass is 10.2. The monoisotopic (exact) mass is 310 g/mol. The minimum absolute atomic E-state index is 0.141. The summed E-state index contributed by atoms with van der Waals surface area (Å²) in [5, 5.41) is 0. The lowest BCUT2D eigenvalue weighted by Gasteiger charge is -2.05. The maximum atomic E-state index is 13.8. The third-order valence-electron chi connectivity index (χ3n) is 2.45. The maximum Gasteiger partial charge on any atom is 0.137 e. The summed E-state index contributed by atoms with van der Waals surface area (Å²) in [6.45, 7) is 2.02. The number of halogens is 2. The molecule has 0 atom stereocenters. The summed E-state index contributed by atoms with van der Waals surface area (Å²) in [5.41, 5.74) is 1.03. The molecule has 0 bridgehead atoms. The fourth-order valence-electron chi connectivity index (χ4n) is 1.48. The number of hydrogen-bond acceptors (Lipinski definition) is 1. The highest BCUT2D eigenvalue weighted by Crippen LogP contribution is 2.31. The van der Waals surface area contributed by atoms with Crippen LogP contribution in [0.15, 0.2) is 56.7 Å². The van der Waals surface area contributed by atoms with Crippen LogP contribution in [0.2, 0.25) is 0 Å². The second-order valence-electron chi connectivity index (χ2n) is 3.67. The van der Waals surface area contributed by atoms with Gasteiger partial charge in [0.25, 0.3) is 0 Å². The second-order valence-corrected chi connectivity index (χ2v) is 5.71. The van der Waals surface area contributed by atoms with Crippen LogP contribution >= 0.6 is 27.7 Å². The molecule has 0 N–H and O–H groups in total. The molecule has 3 heteroatoms. The van der Waals surface area contributed by atoms with E-state index in [2.05, 4.69) is 15.9 Å². The van der Waals surface area contributed by atoms with Crippen LogP contribution in [-0.2, 0) is 6.42 Å². The Kier molecular flexibility index (Phi) is 4.24. The highest BCUT2D eigenvalue weighted by atomic mass is 79.9. The van der Waals surface area contributed by atoms with Crippen molar-refractivity contribution in [3.8, 4) is 0 Å². The van der Waals surface area contributed by atoms with Crippen molar-refractivity contribution in [3.63, 3.8) is 0 Å². The Morgan fingerprint density at radius 3 is 2.41 bits per heavy atom. The van der Waals surface area contributed by atoms with Crippen LogP contribution in [0.5, 0.6) is 0 Å². The summed E-state index contributed by atoms with van der Waals surface area (Å²) in [6.07, 6.45) is 0.861. The van der Waals surface area contributed by atoms with Crippen molar-refractivity contribution >= 4 is 27.7 Å². The van der Waals surface area contributed by atoms with Crippen LogP contribution in [0.25, 0.3) is 0 Å². The van der Waals surface area contributed by atoms with Crippen LogP contribution in [-0.4, -0.2) is 0 Å². The van der Waals surface area contributed by atoms with Gasteiger partial charge in [0.2, 0.25) is 0 Å².